The normalized spacial score (nSPS) is 18.8. The molecule has 0 saturated heterocycles. The van der Waals surface area contributed by atoms with Crippen molar-refractivity contribution in [3.05, 3.63) is 30.6 Å². The molecule has 10 heteroatoms. The number of benzene rings is 1. The van der Waals surface area contributed by atoms with Gasteiger partial charge in [0.2, 0.25) is 0 Å². The molecule has 166 valence electrons. The Kier molecular flexibility index (Phi) is 4.38. The highest BCUT2D eigenvalue weighted by Gasteiger charge is 2.33. The van der Waals surface area contributed by atoms with E-state index in [-0.39, 0.29) is 23.7 Å². The van der Waals surface area contributed by atoms with Gasteiger partial charge in [0.25, 0.3) is 0 Å². The van der Waals surface area contributed by atoms with Gasteiger partial charge in [0, 0.05) is 5.39 Å². The molecule has 4 N–H and O–H groups in total. The lowest BCUT2D eigenvalue weighted by Gasteiger charge is -2.31. The molecule has 1 aliphatic rings. The van der Waals surface area contributed by atoms with E-state index < -0.39 is 11.7 Å². The van der Waals surface area contributed by atoms with Gasteiger partial charge in [0.1, 0.15) is 29.2 Å². The lowest BCUT2D eigenvalue weighted by molar-refractivity contribution is 0.0451. The van der Waals surface area contributed by atoms with E-state index in [0.29, 0.717) is 46.2 Å². The largest absolute Gasteiger partial charge is 0.508 e. The molecule has 0 atom stereocenters. The third kappa shape index (κ3) is 3.23. The number of aromatic hydroxyl groups is 1. The third-order valence-corrected chi connectivity index (χ3v) is 5.56. The minimum Gasteiger partial charge on any atom is -0.508 e. The molecule has 0 spiro atoms. The summed E-state index contributed by atoms with van der Waals surface area (Å²) in [5, 5.41) is 25.7. The van der Waals surface area contributed by atoms with Crippen LogP contribution in [0, 0.1) is 0 Å². The van der Waals surface area contributed by atoms with Crippen molar-refractivity contribution in [3.63, 3.8) is 0 Å². The van der Waals surface area contributed by atoms with Gasteiger partial charge in [-0.25, -0.2) is 24.0 Å². The summed E-state index contributed by atoms with van der Waals surface area (Å²) in [6, 6.07) is 6.46. The molecule has 3 heterocycles. The molecule has 10 nitrogen and oxygen atoms in total. The van der Waals surface area contributed by atoms with Gasteiger partial charge >= 0.3 is 6.09 Å². The molecule has 0 aliphatic heterocycles. The lowest BCUT2D eigenvalue weighted by Crippen LogP contribution is -2.31. The minimum absolute atomic E-state index is 0.0288. The molecule has 0 amide bonds. The van der Waals surface area contributed by atoms with Crippen molar-refractivity contribution < 1.29 is 19.7 Å². The maximum atomic E-state index is 13.2. The fourth-order valence-corrected chi connectivity index (χ4v) is 4.07. The molecular weight excluding hydrogens is 412 g/mol. The number of nitrogens with two attached hydrogens (primary N) is 1. The van der Waals surface area contributed by atoms with Gasteiger partial charge in [0.05, 0.1) is 28.7 Å². The van der Waals surface area contributed by atoms with Gasteiger partial charge in [-0.15, -0.1) is 0 Å². The molecule has 0 unspecified atom stereocenters. The monoisotopic (exact) mass is 436 g/mol. The Morgan fingerprint density at radius 2 is 1.97 bits per heavy atom. The first kappa shape index (κ1) is 20.3. The number of nitrogens with zero attached hydrogens (tertiary/aromatic N) is 5. The average Bonchev–Trinajstić information content (AvgIpc) is 3.23. The average molecular weight is 436 g/mol. The van der Waals surface area contributed by atoms with Crippen LogP contribution in [-0.2, 0) is 4.74 Å². The van der Waals surface area contributed by atoms with Crippen molar-refractivity contribution in [1.29, 1.82) is 0 Å². The predicted octanol–water partition coefficient (Wildman–Crippen LogP) is 3.21. The van der Waals surface area contributed by atoms with Crippen molar-refractivity contribution in [2.75, 3.05) is 5.73 Å². The van der Waals surface area contributed by atoms with E-state index in [2.05, 4.69) is 9.97 Å². The topological polar surface area (TPSA) is 141 Å². The number of carbonyl (C=O) groups is 1. The Labute approximate surface area is 183 Å². The van der Waals surface area contributed by atoms with Gasteiger partial charge in [-0.05, 0) is 57.9 Å². The van der Waals surface area contributed by atoms with Crippen LogP contribution in [0.15, 0.2) is 30.6 Å². The number of carbonyl (C=O) groups excluding carboxylic acids is 1. The van der Waals surface area contributed by atoms with E-state index in [9.17, 15) is 15.0 Å². The van der Waals surface area contributed by atoms with E-state index in [1.54, 1.807) is 43.7 Å². The highest BCUT2D eigenvalue weighted by atomic mass is 16.6. The van der Waals surface area contributed by atoms with Crippen LogP contribution in [-0.4, -0.2) is 52.3 Å². The number of phenolic OH excluding ortho intramolecular Hbond substituents is 1. The summed E-state index contributed by atoms with van der Waals surface area (Å²) in [7, 11) is 0. The van der Waals surface area contributed by atoms with Gasteiger partial charge in [-0.2, -0.15) is 5.10 Å². The highest BCUT2D eigenvalue weighted by molar-refractivity contribution is 6.03. The van der Waals surface area contributed by atoms with Crippen molar-refractivity contribution in [2.45, 2.75) is 51.4 Å². The zero-order valence-corrected chi connectivity index (χ0v) is 18.0. The van der Waals surface area contributed by atoms with E-state index in [0.717, 1.165) is 0 Å². The fourth-order valence-electron chi connectivity index (χ4n) is 4.07. The molecule has 1 saturated carbocycles. The van der Waals surface area contributed by atoms with Gasteiger partial charge in [0.15, 0.2) is 5.65 Å². The molecule has 1 fully saturated rings. The summed E-state index contributed by atoms with van der Waals surface area (Å²) in [6.45, 7) is 5.37. The number of fused-ring (bicyclic) bond motifs is 2. The van der Waals surface area contributed by atoms with Crippen LogP contribution in [0.2, 0.25) is 0 Å². The summed E-state index contributed by atoms with van der Waals surface area (Å²) in [5.74, 6) is 0.312. The quantitative estimate of drug-likeness (QED) is 0.435. The van der Waals surface area contributed by atoms with Crippen LogP contribution in [0.5, 0.6) is 5.75 Å². The summed E-state index contributed by atoms with van der Waals surface area (Å²) in [6.07, 6.45) is 1.53. The van der Waals surface area contributed by atoms with Gasteiger partial charge < -0.3 is 20.7 Å². The number of anilines is 1. The van der Waals surface area contributed by atoms with Crippen LogP contribution >= 0.6 is 0 Å². The van der Waals surface area contributed by atoms with Crippen LogP contribution in [0.1, 0.15) is 39.7 Å². The Morgan fingerprint density at radius 3 is 2.66 bits per heavy atom. The summed E-state index contributed by atoms with van der Waals surface area (Å²) >= 11 is 0. The number of hydrogen-bond donors (Lipinski definition) is 3. The van der Waals surface area contributed by atoms with Crippen molar-refractivity contribution >= 4 is 33.8 Å². The van der Waals surface area contributed by atoms with Crippen molar-refractivity contribution in [1.82, 2.24) is 24.3 Å². The molecule has 1 aliphatic carbocycles. The SMILES string of the molecule is CC(C)(C)OC(=O)n1c(-c2nn(C3CC(O)C3)c3ncnc(N)c23)cc2cc(O)ccc21. The van der Waals surface area contributed by atoms with E-state index in [1.807, 2.05) is 0 Å². The molecule has 0 radical (unpaired) electrons. The highest BCUT2D eigenvalue weighted by Crippen LogP contribution is 2.39. The second kappa shape index (κ2) is 6.92. The van der Waals surface area contributed by atoms with Crippen LogP contribution in [0.3, 0.4) is 0 Å². The summed E-state index contributed by atoms with van der Waals surface area (Å²) in [5.41, 5.74) is 7.48. The Bertz CT molecular complexity index is 1360. The number of aromatic nitrogens is 5. The first-order valence-electron chi connectivity index (χ1n) is 10.4. The Morgan fingerprint density at radius 1 is 1.22 bits per heavy atom. The number of ether oxygens (including phenoxy) is 1. The smallest absolute Gasteiger partial charge is 0.419 e. The molecule has 4 aromatic rings. The molecule has 0 bridgehead atoms. The predicted molar refractivity (Wildman–Crippen MR) is 118 cm³/mol. The summed E-state index contributed by atoms with van der Waals surface area (Å²) < 4.78 is 8.82. The first-order chi connectivity index (χ1) is 15.1. The van der Waals surface area contributed by atoms with Crippen LogP contribution < -0.4 is 5.73 Å². The minimum atomic E-state index is -0.715. The van der Waals surface area contributed by atoms with Crippen LogP contribution in [0.25, 0.3) is 33.3 Å². The molecular formula is C22H24N6O4. The van der Waals surface area contributed by atoms with E-state index in [4.69, 9.17) is 15.6 Å². The van der Waals surface area contributed by atoms with Crippen molar-refractivity contribution in [3.8, 4) is 17.1 Å². The fraction of sp³-hybridized carbons (Fsp3) is 0.364. The number of rotatable bonds is 2. The second-order valence-electron chi connectivity index (χ2n) is 9.12. The molecule has 3 aromatic heterocycles. The number of aliphatic hydroxyl groups excluding tert-OH is 1. The zero-order valence-electron chi connectivity index (χ0n) is 18.0. The van der Waals surface area contributed by atoms with E-state index >= 15 is 0 Å². The maximum absolute atomic E-state index is 13.2. The third-order valence-electron chi connectivity index (χ3n) is 5.56. The molecule has 5 rings (SSSR count). The first-order valence-corrected chi connectivity index (χ1v) is 10.4. The number of phenols is 1. The number of aliphatic hydroxyl groups is 1. The molecule has 1 aromatic carbocycles. The Balaban J connectivity index is 1.78. The standard InChI is InChI=1S/C22H24N6O4/c1-22(2,3)32-21(31)27-15-5-4-13(29)6-11(15)7-16(27)18-17-19(23)24-10-25-20(17)28(26-18)12-8-14(30)9-12/h4-7,10,12,14,29-30H,8-9H2,1-3H3,(H2,23,24,25). The maximum Gasteiger partial charge on any atom is 0.419 e. The van der Waals surface area contributed by atoms with Gasteiger partial charge in [-0.3, -0.25) is 0 Å². The molecule has 32 heavy (non-hydrogen) atoms. The van der Waals surface area contributed by atoms with E-state index in [1.165, 1.54) is 17.0 Å². The number of nitrogen functional groups attached to an aromatic ring is 1. The lowest BCUT2D eigenvalue weighted by atomic mass is 9.90. The second-order valence-corrected chi connectivity index (χ2v) is 9.12. The van der Waals surface area contributed by atoms with Crippen molar-refractivity contribution in [2.24, 2.45) is 0 Å². The van der Waals surface area contributed by atoms with Gasteiger partial charge in [-0.1, -0.05) is 0 Å². The zero-order chi connectivity index (χ0) is 22.8. The summed E-state index contributed by atoms with van der Waals surface area (Å²) in [4.78, 5) is 21.7. The number of hydrogen-bond acceptors (Lipinski definition) is 8. The van der Waals surface area contributed by atoms with Crippen LogP contribution in [0.4, 0.5) is 10.6 Å². The Hall–Kier alpha value is -3.66.